The van der Waals surface area contributed by atoms with Crippen molar-refractivity contribution in [1.82, 2.24) is 10.2 Å². The van der Waals surface area contributed by atoms with E-state index in [4.69, 9.17) is 4.74 Å². The molecule has 2 rings (SSSR count). The maximum absolute atomic E-state index is 12.4. The lowest BCUT2D eigenvalue weighted by molar-refractivity contribution is -0.137. The van der Waals surface area contributed by atoms with E-state index in [0.717, 1.165) is 50.4 Å². The standard InChI is InChI=1S/C14H17F3N2O2/c15-14(16,17)12-3-1-11(2-4-12)13(20)21-10-9-19-7-5-18-6-8-19/h1-4,18H,5-10H2. The Morgan fingerprint density at radius 3 is 2.38 bits per heavy atom. The highest BCUT2D eigenvalue weighted by atomic mass is 19.4. The molecule has 1 heterocycles. The fraction of sp³-hybridized carbons (Fsp3) is 0.500. The van der Waals surface area contributed by atoms with Gasteiger partial charge in [0.15, 0.2) is 0 Å². The summed E-state index contributed by atoms with van der Waals surface area (Å²) >= 11 is 0. The molecule has 0 aromatic heterocycles. The van der Waals surface area contributed by atoms with Gasteiger partial charge >= 0.3 is 12.1 Å². The lowest BCUT2D eigenvalue weighted by Crippen LogP contribution is -2.44. The molecule has 7 heteroatoms. The molecule has 1 saturated heterocycles. The number of piperazine rings is 1. The molecular formula is C14H17F3N2O2. The first-order valence-corrected chi connectivity index (χ1v) is 6.74. The number of carbonyl (C=O) groups excluding carboxylic acids is 1. The quantitative estimate of drug-likeness (QED) is 0.861. The van der Waals surface area contributed by atoms with E-state index in [1.165, 1.54) is 0 Å². The fourth-order valence-corrected chi connectivity index (χ4v) is 2.08. The molecule has 116 valence electrons. The van der Waals surface area contributed by atoms with Crippen LogP contribution in [0.25, 0.3) is 0 Å². The summed E-state index contributed by atoms with van der Waals surface area (Å²) in [6.45, 7) is 4.49. The van der Waals surface area contributed by atoms with Crippen LogP contribution in [-0.4, -0.2) is 50.2 Å². The monoisotopic (exact) mass is 302 g/mol. The van der Waals surface area contributed by atoms with Crippen molar-refractivity contribution in [3.05, 3.63) is 35.4 Å². The first kappa shape index (κ1) is 15.8. The number of rotatable bonds is 4. The Morgan fingerprint density at radius 2 is 1.81 bits per heavy atom. The van der Waals surface area contributed by atoms with E-state index in [1.807, 2.05) is 0 Å². The van der Waals surface area contributed by atoms with E-state index in [-0.39, 0.29) is 12.2 Å². The van der Waals surface area contributed by atoms with E-state index in [0.29, 0.717) is 6.54 Å². The van der Waals surface area contributed by atoms with E-state index in [2.05, 4.69) is 10.2 Å². The Labute approximate surface area is 120 Å². The summed E-state index contributed by atoms with van der Waals surface area (Å²) in [5, 5.41) is 3.22. The van der Waals surface area contributed by atoms with E-state index >= 15 is 0 Å². The smallest absolute Gasteiger partial charge is 0.416 e. The maximum atomic E-state index is 12.4. The van der Waals surface area contributed by atoms with Gasteiger partial charge in [-0.1, -0.05) is 0 Å². The first-order valence-electron chi connectivity index (χ1n) is 6.74. The van der Waals surface area contributed by atoms with Crippen LogP contribution in [-0.2, 0) is 10.9 Å². The summed E-state index contributed by atoms with van der Waals surface area (Å²) in [4.78, 5) is 13.9. The van der Waals surface area contributed by atoms with Gasteiger partial charge in [-0.25, -0.2) is 4.79 Å². The van der Waals surface area contributed by atoms with Crippen molar-refractivity contribution in [3.8, 4) is 0 Å². The minimum atomic E-state index is -4.40. The molecule has 21 heavy (non-hydrogen) atoms. The van der Waals surface area contributed by atoms with E-state index in [1.54, 1.807) is 0 Å². The van der Waals surface area contributed by atoms with Gasteiger partial charge in [-0.2, -0.15) is 13.2 Å². The Balaban J connectivity index is 1.80. The van der Waals surface area contributed by atoms with Crippen molar-refractivity contribution < 1.29 is 22.7 Å². The van der Waals surface area contributed by atoms with Crippen LogP contribution in [0.15, 0.2) is 24.3 Å². The van der Waals surface area contributed by atoms with Crippen LogP contribution in [0.4, 0.5) is 13.2 Å². The molecule has 1 fully saturated rings. The predicted molar refractivity (Wildman–Crippen MR) is 71.0 cm³/mol. The van der Waals surface area contributed by atoms with Gasteiger partial charge in [0.2, 0.25) is 0 Å². The van der Waals surface area contributed by atoms with Crippen LogP contribution in [0.3, 0.4) is 0 Å². The van der Waals surface area contributed by atoms with Gasteiger partial charge in [-0.15, -0.1) is 0 Å². The molecule has 0 atom stereocenters. The molecule has 0 amide bonds. The average molecular weight is 302 g/mol. The van der Waals surface area contributed by atoms with Gasteiger partial charge in [-0.3, -0.25) is 4.90 Å². The van der Waals surface area contributed by atoms with Crippen molar-refractivity contribution in [3.63, 3.8) is 0 Å². The van der Waals surface area contributed by atoms with Crippen LogP contribution in [0.1, 0.15) is 15.9 Å². The second kappa shape index (κ2) is 6.91. The number of benzene rings is 1. The molecular weight excluding hydrogens is 285 g/mol. The van der Waals surface area contributed by atoms with Gasteiger partial charge in [-0.05, 0) is 24.3 Å². The van der Waals surface area contributed by atoms with Crippen LogP contribution >= 0.6 is 0 Å². The molecule has 0 unspecified atom stereocenters. The Bertz CT molecular complexity index is 468. The third-order valence-corrected chi connectivity index (χ3v) is 3.30. The zero-order valence-electron chi connectivity index (χ0n) is 11.4. The zero-order chi connectivity index (χ0) is 15.3. The average Bonchev–Trinajstić information content (AvgIpc) is 2.47. The van der Waals surface area contributed by atoms with Gasteiger partial charge in [0.05, 0.1) is 11.1 Å². The first-order chi connectivity index (χ1) is 9.97. The minimum Gasteiger partial charge on any atom is -0.461 e. The number of halogens is 3. The highest BCUT2D eigenvalue weighted by Gasteiger charge is 2.30. The summed E-state index contributed by atoms with van der Waals surface area (Å²) in [6.07, 6.45) is -4.40. The SMILES string of the molecule is O=C(OCCN1CCNCC1)c1ccc(C(F)(F)F)cc1. The number of alkyl halides is 3. The van der Waals surface area contributed by atoms with Gasteiger partial charge in [0, 0.05) is 32.7 Å². The molecule has 4 nitrogen and oxygen atoms in total. The fourth-order valence-electron chi connectivity index (χ4n) is 2.08. The molecule has 1 aromatic carbocycles. The summed E-state index contributed by atoms with van der Waals surface area (Å²) in [5.74, 6) is -0.598. The molecule has 1 N–H and O–H groups in total. The highest BCUT2D eigenvalue weighted by Crippen LogP contribution is 2.29. The number of nitrogens with zero attached hydrogens (tertiary/aromatic N) is 1. The zero-order valence-corrected chi connectivity index (χ0v) is 11.4. The second-order valence-electron chi connectivity index (χ2n) is 4.80. The topological polar surface area (TPSA) is 41.6 Å². The van der Waals surface area contributed by atoms with Gasteiger partial charge in [0.25, 0.3) is 0 Å². The Kier molecular flexibility index (Phi) is 5.19. The summed E-state index contributed by atoms with van der Waals surface area (Å²) in [6, 6.07) is 4.03. The summed E-state index contributed by atoms with van der Waals surface area (Å²) < 4.78 is 42.3. The molecule has 1 aliphatic heterocycles. The van der Waals surface area contributed by atoms with Gasteiger partial charge in [0.1, 0.15) is 6.61 Å². The van der Waals surface area contributed by atoms with Gasteiger partial charge < -0.3 is 10.1 Å². The van der Waals surface area contributed by atoms with Crippen LogP contribution in [0.5, 0.6) is 0 Å². The number of carbonyl (C=O) groups is 1. The number of nitrogens with one attached hydrogen (secondary N) is 1. The number of esters is 1. The van der Waals surface area contributed by atoms with Crippen molar-refractivity contribution >= 4 is 5.97 Å². The van der Waals surface area contributed by atoms with E-state index in [9.17, 15) is 18.0 Å². The number of ether oxygens (including phenoxy) is 1. The minimum absolute atomic E-state index is 0.128. The largest absolute Gasteiger partial charge is 0.461 e. The van der Waals surface area contributed by atoms with Crippen molar-refractivity contribution in [1.29, 1.82) is 0 Å². The lowest BCUT2D eigenvalue weighted by atomic mass is 10.1. The molecule has 0 radical (unpaired) electrons. The Morgan fingerprint density at radius 1 is 1.19 bits per heavy atom. The molecule has 0 spiro atoms. The van der Waals surface area contributed by atoms with Crippen molar-refractivity contribution in [2.75, 3.05) is 39.3 Å². The third kappa shape index (κ3) is 4.71. The molecule has 0 bridgehead atoms. The van der Waals surface area contributed by atoms with Crippen molar-refractivity contribution in [2.24, 2.45) is 0 Å². The molecule has 0 saturated carbocycles. The third-order valence-electron chi connectivity index (χ3n) is 3.30. The van der Waals surface area contributed by atoms with E-state index < -0.39 is 17.7 Å². The maximum Gasteiger partial charge on any atom is 0.416 e. The number of hydrogen-bond acceptors (Lipinski definition) is 4. The van der Waals surface area contributed by atoms with Crippen LogP contribution in [0.2, 0.25) is 0 Å². The number of hydrogen-bond donors (Lipinski definition) is 1. The van der Waals surface area contributed by atoms with Crippen LogP contribution < -0.4 is 5.32 Å². The lowest BCUT2D eigenvalue weighted by Gasteiger charge is -2.26. The van der Waals surface area contributed by atoms with Crippen LogP contribution in [0, 0.1) is 0 Å². The highest BCUT2D eigenvalue weighted by molar-refractivity contribution is 5.89. The second-order valence-corrected chi connectivity index (χ2v) is 4.80. The van der Waals surface area contributed by atoms with Crippen molar-refractivity contribution in [2.45, 2.75) is 6.18 Å². The molecule has 1 aromatic rings. The molecule has 0 aliphatic carbocycles. The molecule has 1 aliphatic rings. The normalized spacial score (nSPS) is 16.7. The summed E-state index contributed by atoms with van der Waals surface area (Å²) in [7, 11) is 0. The predicted octanol–water partition coefficient (Wildman–Crippen LogP) is 1.77. The Hall–Kier alpha value is -1.60. The summed E-state index contributed by atoms with van der Waals surface area (Å²) in [5.41, 5.74) is -0.650.